The van der Waals surface area contributed by atoms with E-state index in [9.17, 15) is 4.79 Å². The van der Waals surface area contributed by atoms with Crippen LogP contribution in [0.4, 0.5) is 0 Å². The van der Waals surface area contributed by atoms with Crippen LogP contribution in [0.2, 0.25) is 0 Å². The van der Waals surface area contributed by atoms with Gasteiger partial charge in [0, 0.05) is 20.1 Å². The predicted octanol–water partition coefficient (Wildman–Crippen LogP) is 1.05. The van der Waals surface area contributed by atoms with E-state index in [1.165, 1.54) is 4.90 Å². The lowest BCUT2D eigenvalue weighted by Crippen LogP contribution is -2.28. The number of hydrogen-bond acceptors (Lipinski definition) is 4. The van der Waals surface area contributed by atoms with Crippen molar-refractivity contribution in [1.29, 1.82) is 0 Å². The molecule has 0 spiro atoms. The van der Waals surface area contributed by atoms with Crippen molar-refractivity contribution in [3.8, 4) is 11.5 Å². The molecule has 1 aromatic rings. The SMILES string of the molecule is COc1cccc(CC(C)N)c1OCC(=O)N(C)C. The molecule has 1 atom stereocenters. The van der Waals surface area contributed by atoms with Crippen LogP contribution in [0, 0.1) is 0 Å². The van der Waals surface area contributed by atoms with E-state index in [4.69, 9.17) is 15.2 Å². The first kappa shape index (κ1) is 15.3. The minimum Gasteiger partial charge on any atom is -0.493 e. The third-order valence-corrected chi connectivity index (χ3v) is 2.66. The number of carbonyl (C=O) groups excluding carboxylic acids is 1. The van der Waals surface area contributed by atoms with Crippen LogP contribution in [0.1, 0.15) is 12.5 Å². The van der Waals surface area contributed by atoms with Crippen LogP contribution in [-0.4, -0.2) is 44.7 Å². The van der Waals surface area contributed by atoms with Gasteiger partial charge in [-0.15, -0.1) is 0 Å². The van der Waals surface area contributed by atoms with Crippen molar-refractivity contribution in [3.63, 3.8) is 0 Å². The van der Waals surface area contributed by atoms with Gasteiger partial charge in [-0.3, -0.25) is 4.79 Å². The number of methoxy groups -OCH3 is 1. The third-order valence-electron chi connectivity index (χ3n) is 2.66. The smallest absolute Gasteiger partial charge is 0.259 e. The molecule has 1 rings (SSSR count). The molecule has 0 radical (unpaired) electrons. The Morgan fingerprint density at radius 1 is 1.42 bits per heavy atom. The Kier molecular flexibility index (Phi) is 5.63. The lowest BCUT2D eigenvalue weighted by Gasteiger charge is -2.17. The first-order chi connectivity index (χ1) is 8.95. The molecule has 0 bridgehead atoms. The number of ether oxygens (including phenoxy) is 2. The molecule has 106 valence electrons. The Balaban J connectivity index is 2.91. The Morgan fingerprint density at radius 3 is 2.63 bits per heavy atom. The van der Waals surface area contributed by atoms with Crippen LogP contribution in [-0.2, 0) is 11.2 Å². The van der Waals surface area contributed by atoms with E-state index in [0.29, 0.717) is 17.9 Å². The number of likely N-dealkylation sites (N-methyl/N-ethyl adjacent to an activating group) is 1. The van der Waals surface area contributed by atoms with Gasteiger partial charge in [0.15, 0.2) is 18.1 Å². The van der Waals surface area contributed by atoms with Gasteiger partial charge in [0.05, 0.1) is 7.11 Å². The van der Waals surface area contributed by atoms with Crippen molar-refractivity contribution in [2.75, 3.05) is 27.8 Å². The summed E-state index contributed by atoms with van der Waals surface area (Å²) in [6.45, 7) is 1.91. The first-order valence-electron chi connectivity index (χ1n) is 6.20. The van der Waals surface area contributed by atoms with Gasteiger partial charge < -0.3 is 20.1 Å². The minimum atomic E-state index is -0.0994. The Morgan fingerprint density at radius 2 is 2.11 bits per heavy atom. The maximum Gasteiger partial charge on any atom is 0.259 e. The van der Waals surface area contributed by atoms with E-state index in [1.54, 1.807) is 27.3 Å². The fourth-order valence-corrected chi connectivity index (χ4v) is 1.66. The second kappa shape index (κ2) is 6.99. The highest BCUT2D eigenvalue weighted by Crippen LogP contribution is 2.31. The fourth-order valence-electron chi connectivity index (χ4n) is 1.66. The number of hydrogen-bond donors (Lipinski definition) is 1. The van der Waals surface area contributed by atoms with E-state index in [-0.39, 0.29) is 18.6 Å². The lowest BCUT2D eigenvalue weighted by molar-refractivity contribution is -0.130. The molecule has 5 nitrogen and oxygen atoms in total. The molecule has 5 heteroatoms. The van der Waals surface area contributed by atoms with Gasteiger partial charge in [0.2, 0.25) is 0 Å². The highest BCUT2D eigenvalue weighted by atomic mass is 16.5. The number of para-hydroxylation sites is 1. The van der Waals surface area contributed by atoms with Crippen LogP contribution < -0.4 is 15.2 Å². The van der Waals surface area contributed by atoms with Crippen molar-refractivity contribution in [2.45, 2.75) is 19.4 Å². The maximum absolute atomic E-state index is 11.6. The molecule has 0 aliphatic carbocycles. The summed E-state index contributed by atoms with van der Waals surface area (Å²) in [7, 11) is 4.96. The molecular formula is C14H22N2O3. The summed E-state index contributed by atoms with van der Waals surface area (Å²) in [5.74, 6) is 1.11. The number of rotatable bonds is 6. The summed E-state index contributed by atoms with van der Waals surface area (Å²) in [5, 5.41) is 0. The predicted molar refractivity (Wildman–Crippen MR) is 74.5 cm³/mol. The minimum absolute atomic E-state index is 0.0130. The van der Waals surface area contributed by atoms with Crippen LogP contribution >= 0.6 is 0 Å². The molecule has 0 aliphatic heterocycles. The topological polar surface area (TPSA) is 64.8 Å². The number of carbonyl (C=O) groups is 1. The molecule has 0 fully saturated rings. The van der Waals surface area contributed by atoms with Gasteiger partial charge in [0.1, 0.15) is 0 Å². The fraction of sp³-hybridized carbons (Fsp3) is 0.500. The van der Waals surface area contributed by atoms with Crippen LogP contribution in [0.15, 0.2) is 18.2 Å². The monoisotopic (exact) mass is 266 g/mol. The third kappa shape index (κ3) is 4.44. The van der Waals surface area contributed by atoms with E-state index in [2.05, 4.69) is 0 Å². The molecule has 2 N–H and O–H groups in total. The van der Waals surface area contributed by atoms with Crippen molar-refractivity contribution in [2.24, 2.45) is 5.73 Å². The Labute approximate surface area is 114 Å². The molecular weight excluding hydrogens is 244 g/mol. The summed E-state index contributed by atoms with van der Waals surface area (Å²) >= 11 is 0. The molecule has 1 aromatic carbocycles. The van der Waals surface area contributed by atoms with Crippen LogP contribution in [0.5, 0.6) is 11.5 Å². The van der Waals surface area contributed by atoms with E-state index in [1.807, 2.05) is 19.1 Å². The molecule has 19 heavy (non-hydrogen) atoms. The molecule has 0 saturated heterocycles. The maximum atomic E-state index is 11.6. The van der Waals surface area contributed by atoms with Crippen LogP contribution in [0.3, 0.4) is 0 Å². The van der Waals surface area contributed by atoms with E-state index >= 15 is 0 Å². The summed E-state index contributed by atoms with van der Waals surface area (Å²) in [6, 6.07) is 5.64. The largest absolute Gasteiger partial charge is 0.493 e. The number of amides is 1. The van der Waals surface area contributed by atoms with Gasteiger partial charge in [-0.2, -0.15) is 0 Å². The van der Waals surface area contributed by atoms with Crippen molar-refractivity contribution < 1.29 is 14.3 Å². The second-order valence-electron chi connectivity index (χ2n) is 4.71. The van der Waals surface area contributed by atoms with Gasteiger partial charge in [0.25, 0.3) is 5.91 Å². The summed E-state index contributed by atoms with van der Waals surface area (Å²) in [5.41, 5.74) is 6.76. The highest BCUT2D eigenvalue weighted by molar-refractivity contribution is 5.77. The zero-order valence-electron chi connectivity index (χ0n) is 12.0. The summed E-state index contributed by atoms with van der Waals surface area (Å²) in [4.78, 5) is 13.1. The Hall–Kier alpha value is -1.75. The van der Waals surface area contributed by atoms with Crippen molar-refractivity contribution in [1.82, 2.24) is 4.90 Å². The first-order valence-corrected chi connectivity index (χ1v) is 6.20. The number of nitrogens with two attached hydrogens (primary N) is 1. The summed E-state index contributed by atoms with van der Waals surface area (Å²) < 4.78 is 10.9. The second-order valence-corrected chi connectivity index (χ2v) is 4.71. The van der Waals surface area contributed by atoms with Gasteiger partial charge in [-0.1, -0.05) is 12.1 Å². The quantitative estimate of drug-likeness (QED) is 0.836. The zero-order chi connectivity index (χ0) is 14.4. The van der Waals surface area contributed by atoms with Crippen molar-refractivity contribution >= 4 is 5.91 Å². The van der Waals surface area contributed by atoms with Gasteiger partial charge in [-0.05, 0) is 25.0 Å². The summed E-state index contributed by atoms with van der Waals surface area (Å²) in [6.07, 6.45) is 0.669. The van der Waals surface area contributed by atoms with Gasteiger partial charge >= 0.3 is 0 Å². The molecule has 0 aromatic heterocycles. The number of benzene rings is 1. The van der Waals surface area contributed by atoms with Crippen molar-refractivity contribution in [3.05, 3.63) is 23.8 Å². The lowest BCUT2D eigenvalue weighted by atomic mass is 10.1. The molecule has 0 heterocycles. The molecule has 1 amide bonds. The average molecular weight is 266 g/mol. The number of nitrogens with zero attached hydrogens (tertiary/aromatic N) is 1. The van der Waals surface area contributed by atoms with Crippen LogP contribution in [0.25, 0.3) is 0 Å². The van der Waals surface area contributed by atoms with E-state index < -0.39 is 0 Å². The highest BCUT2D eigenvalue weighted by Gasteiger charge is 2.14. The standard InChI is InChI=1S/C14H22N2O3/c1-10(15)8-11-6-5-7-12(18-4)14(11)19-9-13(17)16(2)3/h5-7,10H,8-9,15H2,1-4H3. The normalized spacial score (nSPS) is 11.8. The molecule has 0 saturated carbocycles. The molecule has 0 aliphatic rings. The van der Waals surface area contributed by atoms with Gasteiger partial charge in [-0.25, -0.2) is 0 Å². The van der Waals surface area contributed by atoms with E-state index in [0.717, 1.165) is 5.56 Å². The average Bonchev–Trinajstić information content (AvgIpc) is 2.35. The Bertz CT molecular complexity index is 431. The molecule has 1 unspecified atom stereocenters. The zero-order valence-corrected chi connectivity index (χ0v) is 12.0.